The minimum Gasteiger partial charge on any atom is -0.508 e. The molecule has 0 saturated heterocycles. The summed E-state index contributed by atoms with van der Waals surface area (Å²) in [5.74, 6) is 1.04. The van der Waals surface area contributed by atoms with E-state index in [0.717, 1.165) is 44.7 Å². The highest BCUT2D eigenvalue weighted by Gasteiger charge is 2.20. The molecule has 0 saturated carbocycles. The molecule has 0 aliphatic carbocycles. The Balaban J connectivity index is 2.08. The number of hydrogen-bond donors (Lipinski definition) is 2. The van der Waals surface area contributed by atoms with Crippen molar-refractivity contribution in [2.45, 2.75) is 13.8 Å². The van der Waals surface area contributed by atoms with Gasteiger partial charge in [0.1, 0.15) is 11.5 Å². The Hall–Kier alpha value is -3.01. The summed E-state index contributed by atoms with van der Waals surface area (Å²) in [5.41, 5.74) is 6.03. The number of nitrogens with one attached hydrogen (secondary N) is 1. The molecule has 114 valence electrons. The number of phenols is 1. The number of hydrogen-bond acceptors (Lipinski definition) is 3. The quantitative estimate of drug-likeness (QED) is 0.558. The molecule has 4 rings (SSSR count). The van der Waals surface area contributed by atoms with E-state index in [9.17, 15) is 5.11 Å². The number of para-hydroxylation sites is 1. The molecule has 0 unspecified atom stereocenters. The van der Waals surface area contributed by atoms with Crippen molar-refractivity contribution < 1.29 is 9.63 Å². The van der Waals surface area contributed by atoms with Gasteiger partial charge in [0.25, 0.3) is 0 Å². The first kappa shape index (κ1) is 13.6. The lowest BCUT2D eigenvalue weighted by Gasteiger charge is -2.05. The van der Waals surface area contributed by atoms with Crippen molar-refractivity contribution >= 4 is 10.9 Å². The van der Waals surface area contributed by atoms with Crippen LogP contribution < -0.4 is 0 Å². The van der Waals surface area contributed by atoms with Crippen LogP contribution in [0.5, 0.6) is 5.75 Å². The summed E-state index contributed by atoms with van der Waals surface area (Å²) >= 11 is 0. The van der Waals surface area contributed by atoms with E-state index in [1.54, 1.807) is 12.1 Å². The molecule has 0 aliphatic rings. The number of aromatic amines is 1. The SMILES string of the molecule is Cc1noc(C)c1-c1[nH]c2ccccc2c1-c1ccc(O)cc1. The molecule has 2 aromatic heterocycles. The number of nitrogens with zero attached hydrogens (tertiary/aromatic N) is 1. The minimum atomic E-state index is 0.257. The van der Waals surface area contributed by atoms with Gasteiger partial charge in [0.2, 0.25) is 0 Å². The van der Waals surface area contributed by atoms with Gasteiger partial charge in [-0.2, -0.15) is 0 Å². The maximum absolute atomic E-state index is 9.58. The Labute approximate surface area is 133 Å². The van der Waals surface area contributed by atoms with E-state index in [1.807, 2.05) is 38.1 Å². The summed E-state index contributed by atoms with van der Waals surface area (Å²) in [4.78, 5) is 3.50. The van der Waals surface area contributed by atoms with Crippen molar-refractivity contribution in [3.8, 4) is 28.1 Å². The third kappa shape index (κ3) is 2.11. The standard InChI is InChI=1S/C19H16N2O2/c1-11-17(12(2)23-21-11)19-18(13-7-9-14(22)10-8-13)15-5-3-4-6-16(15)20-19/h3-10,20,22H,1-2H3. The predicted octanol–water partition coefficient (Wildman–Crippen LogP) is 4.81. The van der Waals surface area contributed by atoms with Crippen LogP contribution in [-0.4, -0.2) is 15.2 Å². The van der Waals surface area contributed by atoms with Crippen molar-refractivity contribution in [3.05, 3.63) is 60.0 Å². The van der Waals surface area contributed by atoms with Gasteiger partial charge >= 0.3 is 0 Å². The topological polar surface area (TPSA) is 62.0 Å². The average molecular weight is 304 g/mol. The molecule has 0 aliphatic heterocycles. The zero-order valence-electron chi connectivity index (χ0n) is 12.9. The molecule has 0 amide bonds. The minimum absolute atomic E-state index is 0.257. The van der Waals surface area contributed by atoms with Gasteiger partial charge in [-0.15, -0.1) is 0 Å². The molecular formula is C19H16N2O2. The Kier molecular flexibility index (Phi) is 2.98. The van der Waals surface area contributed by atoms with E-state index in [4.69, 9.17) is 4.52 Å². The van der Waals surface area contributed by atoms with Crippen LogP contribution >= 0.6 is 0 Å². The normalized spacial score (nSPS) is 11.2. The zero-order chi connectivity index (χ0) is 16.0. The van der Waals surface area contributed by atoms with Gasteiger partial charge in [0.15, 0.2) is 0 Å². The summed E-state index contributed by atoms with van der Waals surface area (Å²) in [6.07, 6.45) is 0. The largest absolute Gasteiger partial charge is 0.508 e. The molecule has 2 N–H and O–H groups in total. The number of aryl methyl sites for hydroxylation is 2. The molecule has 4 aromatic rings. The first-order valence-corrected chi connectivity index (χ1v) is 7.48. The number of fused-ring (bicyclic) bond motifs is 1. The van der Waals surface area contributed by atoms with Crippen LogP contribution in [0.4, 0.5) is 0 Å². The monoisotopic (exact) mass is 304 g/mol. The first-order chi connectivity index (χ1) is 11.1. The Morgan fingerprint density at radius 3 is 2.39 bits per heavy atom. The van der Waals surface area contributed by atoms with Crippen molar-refractivity contribution in [1.29, 1.82) is 0 Å². The van der Waals surface area contributed by atoms with Crippen LogP contribution in [-0.2, 0) is 0 Å². The molecule has 0 bridgehead atoms. The smallest absolute Gasteiger partial charge is 0.143 e. The summed E-state index contributed by atoms with van der Waals surface area (Å²) in [7, 11) is 0. The van der Waals surface area contributed by atoms with Gasteiger partial charge in [-0.25, -0.2) is 0 Å². The highest BCUT2D eigenvalue weighted by Crippen LogP contribution is 2.40. The fourth-order valence-corrected chi connectivity index (χ4v) is 3.10. The van der Waals surface area contributed by atoms with E-state index < -0.39 is 0 Å². The van der Waals surface area contributed by atoms with E-state index in [2.05, 4.69) is 22.3 Å². The maximum Gasteiger partial charge on any atom is 0.143 e. The molecule has 0 atom stereocenters. The fraction of sp³-hybridized carbons (Fsp3) is 0.105. The molecule has 0 fully saturated rings. The second-order valence-corrected chi connectivity index (χ2v) is 5.67. The number of phenolic OH excluding ortho intramolecular Hbond substituents is 1. The summed E-state index contributed by atoms with van der Waals surface area (Å²) in [6, 6.07) is 15.4. The summed E-state index contributed by atoms with van der Waals surface area (Å²) < 4.78 is 5.35. The zero-order valence-corrected chi connectivity index (χ0v) is 12.9. The van der Waals surface area contributed by atoms with Crippen molar-refractivity contribution in [1.82, 2.24) is 10.1 Å². The van der Waals surface area contributed by atoms with Gasteiger partial charge in [-0.1, -0.05) is 35.5 Å². The Bertz CT molecular complexity index is 975. The van der Waals surface area contributed by atoms with Crippen LogP contribution in [0.2, 0.25) is 0 Å². The number of benzene rings is 2. The second-order valence-electron chi connectivity index (χ2n) is 5.67. The summed E-state index contributed by atoms with van der Waals surface area (Å²) in [6.45, 7) is 3.86. The molecule has 2 aromatic carbocycles. The lowest BCUT2D eigenvalue weighted by atomic mass is 9.97. The molecule has 2 heterocycles. The molecule has 23 heavy (non-hydrogen) atoms. The number of aromatic hydroxyl groups is 1. The van der Waals surface area contributed by atoms with Crippen molar-refractivity contribution in [2.24, 2.45) is 0 Å². The van der Waals surface area contributed by atoms with E-state index >= 15 is 0 Å². The van der Waals surface area contributed by atoms with Crippen LogP contribution in [0.25, 0.3) is 33.3 Å². The van der Waals surface area contributed by atoms with Gasteiger partial charge in [0.05, 0.1) is 17.0 Å². The van der Waals surface area contributed by atoms with Crippen LogP contribution in [0.1, 0.15) is 11.5 Å². The first-order valence-electron chi connectivity index (χ1n) is 7.48. The van der Waals surface area contributed by atoms with E-state index in [1.165, 1.54) is 0 Å². The van der Waals surface area contributed by atoms with Crippen LogP contribution in [0.15, 0.2) is 53.1 Å². The Morgan fingerprint density at radius 2 is 1.70 bits per heavy atom. The third-order valence-electron chi connectivity index (χ3n) is 4.15. The predicted molar refractivity (Wildman–Crippen MR) is 90.4 cm³/mol. The van der Waals surface area contributed by atoms with Gasteiger partial charge < -0.3 is 14.6 Å². The lowest BCUT2D eigenvalue weighted by molar-refractivity contribution is 0.393. The molecular weight excluding hydrogens is 288 g/mol. The van der Waals surface area contributed by atoms with Crippen LogP contribution in [0, 0.1) is 13.8 Å². The number of H-pyrrole nitrogens is 1. The highest BCUT2D eigenvalue weighted by molar-refractivity contribution is 6.04. The molecule has 0 spiro atoms. The highest BCUT2D eigenvalue weighted by atomic mass is 16.5. The summed E-state index contributed by atoms with van der Waals surface area (Å²) in [5, 5.41) is 14.8. The fourth-order valence-electron chi connectivity index (χ4n) is 3.10. The van der Waals surface area contributed by atoms with Crippen molar-refractivity contribution in [3.63, 3.8) is 0 Å². The number of aromatic nitrogens is 2. The second kappa shape index (κ2) is 5.02. The van der Waals surface area contributed by atoms with Gasteiger partial charge in [-0.05, 0) is 37.6 Å². The molecule has 4 heteroatoms. The van der Waals surface area contributed by atoms with Gasteiger partial charge in [-0.3, -0.25) is 0 Å². The van der Waals surface area contributed by atoms with Crippen LogP contribution in [0.3, 0.4) is 0 Å². The maximum atomic E-state index is 9.58. The number of rotatable bonds is 2. The van der Waals surface area contributed by atoms with Crippen molar-refractivity contribution in [2.75, 3.05) is 0 Å². The van der Waals surface area contributed by atoms with Gasteiger partial charge in [0, 0.05) is 16.5 Å². The average Bonchev–Trinajstić information content (AvgIpc) is 3.08. The molecule has 0 radical (unpaired) electrons. The van der Waals surface area contributed by atoms with E-state index in [0.29, 0.717) is 0 Å². The van der Waals surface area contributed by atoms with E-state index in [-0.39, 0.29) is 5.75 Å². The third-order valence-corrected chi connectivity index (χ3v) is 4.15. The lowest BCUT2D eigenvalue weighted by Crippen LogP contribution is -1.86. The molecule has 4 nitrogen and oxygen atoms in total. The Morgan fingerprint density at radius 1 is 0.957 bits per heavy atom.